The van der Waals surface area contributed by atoms with Gasteiger partial charge < -0.3 is 10.7 Å². The maximum Gasteiger partial charge on any atom is 0.295 e. The lowest BCUT2D eigenvalue weighted by molar-refractivity contribution is 0.0991. The van der Waals surface area contributed by atoms with Crippen molar-refractivity contribution in [2.75, 3.05) is 11.4 Å². The number of amidine groups is 1. The third kappa shape index (κ3) is 3.76. The Balaban J connectivity index is 1.70. The van der Waals surface area contributed by atoms with Gasteiger partial charge in [-0.25, -0.2) is 0 Å². The molecule has 3 heterocycles. The van der Waals surface area contributed by atoms with Gasteiger partial charge in [0.05, 0.1) is 22.4 Å². The molecule has 4 rings (SSSR count). The van der Waals surface area contributed by atoms with Crippen molar-refractivity contribution in [2.24, 2.45) is 10.7 Å². The van der Waals surface area contributed by atoms with Crippen molar-refractivity contribution in [3.05, 3.63) is 77.2 Å². The lowest BCUT2D eigenvalue weighted by Gasteiger charge is -2.40. The standard InChI is InChI=1S/C22H20F2N6O2/c23-21-29-20-17(8-11-27-20)22(24,28-10-3-5-14-4-2-9-26-12-14)30(21)18-7-1-6-15(19(25)32)16(18)13-31/h1-2,4,6-9,11-13,27-28H,3,5,10H2,(H2,25,32). The summed E-state index contributed by atoms with van der Waals surface area (Å²) in [5.74, 6) is -3.45. The molecule has 0 radical (unpaired) electrons. The van der Waals surface area contributed by atoms with E-state index in [-0.39, 0.29) is 34.7 Å². The number of aliphatic imine (C=N–C) groups is 1. The van der Waals surface area contributed by atoms with Gasteiger partial charge in [-0.05, 0) is 42.7 Å². The summed E-state index contributed by atoms with van der Waals surface area (Å²) in [5.41, 5.74) is 5.81. The zero-order valence-electron chi connectivity index (χ0n) is 16.9. The fourth-order valence-corrected chi connectivity index (χ4v) is 3.73. The van der Waals surface area contributed by atoms with Crippen LogP contribution in [0.2, 0.25) is 0 Å². The molecule has 0 bridgehead atoms. The van der Waals surface area contributed by atoms with Crippen LogP contribution in [-0.2, 0) is 12.3 Å². The van der Waals surface area contributed by atoms with Crippen LogP contribution in [-0.4, -0.2) is 34.8 Å². The van der Waals surface area contributed by atoms with Crippen molar-refractivity contribution in [2.45, 2.75) is 18.8 Å². The molecule has 10 heteroatoms. The molecule has 1 aromatic carbocycles. The zero-order chi connectivity index (χ0) is 22.7. The number of carbonyl (C=O) groups excluding carboxylic acids is 2. The van der Waals surface area contributed by atoms with E-state index in [4.69, 9.17) is 5.73 Å². The molecular formula is C22H20F2N6O2. The van der Waals surface area contributed by atoms with Gasteiger partial charge in [0.1, 0.15) is 5.82 Å². The first-order valence-corrected chi connectivity index (χ1v) is 9.89. The lowest BCUT2D eigenvalue weighted by Crippen LogP contribution is -2.57. The van der Waals surface area contributed by atoms with E-state index in [0.717, 1.165) is 5.56 Å². The van der Waals surface area contributed by atoms with Gasteiger partial charge in [-0.2, -0.15) is 13.8 Å². The monoisotopic (exact) mass is 438 g/mol. The van der Waals surface area contributed by atoms with E-state index in [2.05, 4.69) is 20.3 Å². The third-order valence-electron chi connectivity index (χ3n) is 5.21. The van der Waals surface area contributed by atoms with Crippen molar-refractivity contribution < 1.29 is 18.4 Å². The van der Waals surface area contributed by atoms with Gasteiger partial charge in [-0.1, -0.05) is 12.1 Å². The summed E-state index contributed by atoms with van der Waals surface area (Å²) >= 11 is 0. The second-order valence-electron chi connectivity index (χ2n) is 7.19. The molecule has 1 atom stereocenters. The molecule has 164 valence electrons. The minimum atomic E-state index is -2.58. The number of fused-ring (bicyclic) bond motifs is 1. The van der Waals surface area contributed by atoms with Crippen LogP contribution in [0.5, 0.6) is 0 Å². The molecular weight excluding hydrogens is 418 g/mol. The number of aromatic nitrogens is 2. The number of halogens is 2. The van der Waals surface area contributed by atoms with Crippen LogP contribution < -0.4 is 16.0 Å². The molecule has 32 heavy (non-hydrogen) atoms. The van der Waals surface area contributed by atoms with E-state index in [1.54, 1.807) is 12.4 Å². The number of aldehydes is 1. The number of hydrogen-bond acceptors (Lipinski definition) is 6. The first kappa shape index (κ1) is 21.3. The molecule has 0 aliphatic carbocycles. The lowest BCUT2D eigenvalue weighted by atomic mass is 10.0. The molecule has 1 amide bonds. The highest BCUT2D eigenvalue weighted by atomic mass is 19.2. The van der Waals surface area contributed by atoms with Crippen molar-refractivity contribution in [3.8, 4) is 0 Å². The van der Waals surface area contributed by atoms with Crippen LogP contribution in [0.4, 0.5) is 20.3 Å². The van der Waals surface area contributed by atoms with Crippen molar-refractivity contribution in [1.82, 2.24) is 15.3 Å². The second-order valence-corrected chi connectivity index (χ2v) is 7.19. The molecule has 0 saturated heterocycles. The van der Waals surface area contributed by atoms with E-state index in [0.29, 0.717) is 24.0 Å². The molecule has 2 aromatic heterocycles. The number of primary amides is 1. The minimum Gasteiger partial charge on any atom is -0.366 e. The second kappa shape index (κ2) is 8.67. The van der Waals surface area contributed by atoms with Crippen LogP contribution in [0.25, 0.3) is 0 Å². The Morgan fingerprint density at radius 3 is 2.84 bits per heavy atom. The van der Waals surface area contributed by atoms with Crippen LogP contribution in [0.3, 0.4) is 0 Å². The van der Waals surface area contributed by atoms with Crippen molar-refractivity contribution >= 4 is 29.8 Å². The molecule has 3 aromatic rings. The first-order chi connectivity index (χ1) is 15.5. The molecule has 4 N–H and O–H groups in total. The smallest absolute Gasteiger partial charge is 0.295 e. The van der Waals surface area contributed by atoms with Gasteiger partial charge in [-0.3, -0.25) is 24.8 Å². The summed E-state index contributed by atoms with van der Waals surface area (Å²) in [6, 6.07) is 9.20. The quantitative estimate of drug-likeness (QED) is 0.284. The van der Waals surface area contributed by atoms with E-state index in [1.807, 2.05) is 12.1 Å². The van der Waals surface area contributed by atoms with E-state index >= 15 is 8.78 Å². The summed E-state index contributed by atoms with van der Waals surface area (Å²) in [6.45, 7) is 0.172. The molecule has 0 spiro atoms. The van der Waals surface area contributed by atoms with Crippen LogP contribution in [0.1, 0.15) is 38.3 Å². The summed E-state index contributed by atoms with van der Waals surface area (Å²) < 4.78 is 31.7. The number of H-pyrrole nitrogens is 1. The number of carbonyl (C=O) groups is 2. The molecule has 1 aliphatic rings. The molecule has 8 nitrogen and oxygen atoms in total. The Kier molecular flexibility index (Phi) is 5.78. The fourth-order valence-electron chi connectivity index (χ4n) is 3.73. The third-order valence-corrected chi connectivity index (χ3v) is 5.21. The average Bonchev–Trinajstić information content (AvgIpc) is 3.26. The normalized spacial score (nSPS) is 17.6. The summed E-state index contributed by atoms with van der Waals surface area (Å²) in [7, 11) is 0. The Bertz CT molecular complexity index is 1180. The first-order valence-electron chi connectivity index (χ1n) is 9.89. The number of nitrogens with two attached hydrogens (primary N) is 1. The van der Waals surface area contributed by atoms with Gasteiger partial charge in [0.25, 0.3) is 12.0 Å². The molecule has 0 saturated carbocycles. The Hall–Kier alpha value is -3.92. The fraction of sp³-hybridized carbons (Fsp3) is 0.182. The van der Waals surface area contributed by atoms with Gasteiger partial charge in [0, 0.05) is 25.1 Å². The number of rotatable bonds is 8. The maximum absolute atomic E-state index is 16.6. The predicted octanol–water partition coefficient (Wildman–Crippen LogP) is 3.10. The molecule has 1 aliphatic heterocycles. The molecule has 0 fully saturated rings. The predicted molar refractivity (Wildman–Crippen MR) is 115 cm³/mol. The minimum absolute atomic E-state index is 0.0136. The largest absolute Gasteiger partial charge is 0.366 e. The highest BCUT2D eigenvalue weighted by Crippen LogP contribution is 2.42. The SMILES string of the molecule is NC(=O)c1cccc(N2C(F)=Nc3[nH]ccc3C2(F)NCCCc2cccnc2)c1C=O. The van der Waals surface area contributed by atoms with Crippen molar-refractivity contribution in [1.29, 1.82) is 0 Å². The Labute approximate surface area is 182 Å². The van der Waals surface area contributed by atoms with Gasteiger partial charge >= 0.3 is 0 Å². The summed E-state index contributed by atoms with van der Waals surface area (Å²) in [5, 5.41) is 2.76. The number of hydrogen-bond donors (Lipinski definition) is 3. The van der Waals surface area contributed by atoms with Gasteiger partial charge in [0.2, 0.25) is 5.91 Å². The number of alkyl halides is 1. The molecule has 1 unspecified atom stereocenters. The topological polar surface area (TPSA) is 116 Å². The highest BCUT2D eigenvalue weighted by Gasteiger charge is 2.48. The van der Waals surface area contributed by atoms with Crippen LogP contribution in [0, 0.1) is 0 Å². The average molecular weight is 438 g/mol. The number of nitrogens with zero attached hydrogens (tertiary/aromatic N) is 3. The zero-order valence-corrected chi connectivity index (χ0v) is 16.9. The van der Waals surface area contributed by atoms with Gasteiger partial charge in [0.15, 0.2) is 6.29 Å². The number of aryl methyl sites for hydroxylation is 1. The number of pyridine rings is 1. The Morgan fingerprint density at radius 2 is 2.12 bits per heavy atom. The summed E-state index contributed by atoms with van der Waals surface area (Å²) in [6.07, 6.45) is 5.15. The number of benzene rings is 1. The van der Waals surface area contributed by atoms with Crippen LogP contribution >= 0.6 is 0 Å². The number of amides is 1. The van der Waals surface area contributed by atoms with E-state index in [1.165, 1.54) is 30.5 Å². The number of aromatic amines is 1. The number of anilines is 1. The van der Waals surface area contributed by atoms with Crippen LogP contribution in [0.15, 0.2) is 60.0 Å². The van der Waals surface area contributed by atoms with Crippen molar-refractivity contribution in [3.63, 3.8) is 0 Å². The number of nitrogens with one attached hydrogen (secondary N) is 2. The van der Waals surface area contributed by atoms with E-state index in [9.17, 15) is 9.59 Å². The van der Waals surface area contributed by atoms with Gasteiger partial charge in [-0.15, -0.1) is 0 Å². The maximum atomic E-state index is 16.6. The Morgan fingerprint density at radius 1 is 1.28 bits per heavy atom. The van der Waals surface area contributed by atoms with E-state index < -0.39 is 17.9 Å². The summed E-state index contributed by atoms with van der Waals surface area (Å²) in [4.78, 5) is 34.7. The highest BCUT2D eigenvalue weighted by molar-refractivity contribution is 6.07.